The highest BCUT2D eigenvalue weighted by Crippen LogP contribution is 2.33. The van der Waals surface area contributed by atoms with Crippen LogP contribution >= 0.6 is 0 Å². The van der Waals surface area contributed by atoms with Crippen molar-refractivity contribution >= 4 is 16.9 Å². The van der Waals surface area contributed by atoms with E-state index in [1.807, 2.05) is 36.4 Å². The molecule has 1 amide bonds. The number of rotatable bonds is 3. The fourth-order valence-electron chi connectivity index (χ4n) is 2.44. The zero-order valence-electron chi connectivity index (χ0n) is 12.8. The van der Waals surface area contributed by atoms with E-state index in [4.69, 9.17) is 4.74 Å². The molecule has 5 heteroatoms. The average Bonchev–Trinajstić information content (AvgIpc) is 2.96. The Labute approximate surface area is 128 Å². The first-order chi connectivity index (χ1) is 10.6. The minimum Gasteiger partial charge on any atom is -0.496 e. The predicted octanol–water partition coefficient (Wildman–Crippen LogP) is 2.94. The lowest BCUT2D eigenvalue weighted by atomic mass is 10.0. The highest BCUT2D eigenvalue weighted by molar-refractivity contribution is 6.02. The number of fused-ring (bicyclic) bond motifs is 1. The SMILES string of the molecule is COc1cccc(C(=O)N(C)C)c1-c1nc2ccccc2[nH]1. The standard InChI is InChI=1S/C17H17N3O2/c1-20(2)17(21)11-7-6-10-14(22-3)15(11)16-18-12-8-4-5-9-13(12)19-16/h4-10H,1-3H3,(H,18,19). The van der Waals surface area contributed by atoms with Crippen LogP contribution in [0.2, 0.25) is 0 Å². The predicted molar refractivity (Wildman–Crippen MR) is 86.1 cm³/mol. The van der Waals surface area contributed by atoms with E-state index in [9.17, 15) is 4.79 Å². The van der Waals surface area contributed by atoms with Gasteiger partial charge in [-0.3, -0.25) is 4.79 Å². The number of hydrogen-bond acceptors (Lipinski definition) is 3. The quantitative estimate of drug-likeness (QED) is 0.808. The summed E-state index contributed by atoms with van der Waals surface area (Å²) in [4.78, 5) is 21.8. The second kappa shape index (κ2) is 5.52. The van der Waals surface area contributed by atoms with Crippen molar-refractivity contribution in [3.8, 4) is 17.1 Å². The van der Waals surface area contributed by atoms with Gasteiger partial charge >= 0.3 is 0 Å². The van der Waals surface area contributed by atoms with Gasteiger partial charge in [0.15, 0.2) is 0 Å². The molecule has 0 bridgehead atoms. The van der Waals surface area contributed by atoms with Crippen molar-refractivity contribution < 1.29 is 9.53 Å². The zero-order chi connectivity index (χ0) is 15.7. The van der Waals surface area contributed by atoms with Crippen molar-refractivity contribution in [1.29, 1.82) is 0 Å². The van der Waals surface area contributed by atoms with Gasteiger partial charge in [-0.1, -0.05) is 18.2 Å². The third kappa shape index (κ3) is 2.30. The van der Waals surface area contributed by atoms with Crippen molar-refractivity contribution in [2.75, 3.05) is 21.2 Å². The summed E-state index contributed by atoms with van der Waals surface area (Å²) < 4.78 is 5.44. The molecule has 112 valence electrons. The molecule has 0 fully saturated rings. The van der Waals surface area contributed by atoms with E-state index in [2.05, 4.69) is 9.97 Å². The van der Waals surface area contributed by atoms with Gasteiger partial charge in [0, 0.05) is 14.1 Å². The molecule has 0 aliphatic carbocycles. The summed E-state index contributed by atoms with van der Waals surface area (Å²) in [5.41, 5.74) is 3.02. The number of imidazole rings is 1. The Morgan fingerprint density at radius 1 is 1.14 bits per heavy atom. The van der Waals surface area contributed by atoms with Crippen LogP contribution < -0.4 is 4.74 Å². The molecule has 0 unspecified atom stereocenters. The van der Waals surface area contributed by atoms with Crippen LogP contribution in [-0.4, -0.2) is 42.0 Å². The van der Waals surface area contributed by atoms with E-state index in [1.165, 1.54) is 0 Å². The lowest BCUT2D eigenvalue weighted by Crippen LogP contribution is -2.22. The molecule has 1 N–H and O–H groups in total. The summed E-state index contributed by atoms with van der Waals surface area (Å²) in [7, 11) is 5.04. The first-order valence-electron chi connectivity index (χ1n) is 6.95. The van der Waals surface area contributed by atoms with Crippen molar-refractivity contribution in [3.05, 3.63) is 48.0 Å². The molecule has 3 aromatic rings. The van der Waals surface area contributed by atoms with Crippen LogP contribution in [0.5, 0.6) is 5.75 Å². The van der Waals surface area contributed by atoms with E-state index in [1.54, 1.807) is 32.2 Å². The zero-order valence-corrected chi connectivity index (χ0v) is 12.8. The third-order valence-electron chi connectivity index (χ3n) is 3.51. The molecule has 0 saturated carbocycles. The average molecular weight is 295 g/mol. The summed E-state index contributed by atoms with van der Waals surface area (Å²) in [5.74, 6) is 1.16. The fraction of sp³-hybridized carbons (Fsp3) is 0.176. The number of carbonyl (C=O) groups is 1. The van der Waals surface area contributed by atoms with Crippen LogP contribution in [0.1, 0.15) is 10.4 Å². The maximum absolute atomic E-state index is 12.5. The Kier molecular flexibility index (Phi) is 3.55. The molecule has 22 heavy (non-hydrogen) atoms. The van der Waals surface area contributed by atoms with Gasteiger partial charge in [0.25, 0.3) is 5.91 Å². The normalized spacial score (nSPS) is 10.7. The Morgan fingerprint density at radius 2 is 1.91 bits per heavy atom. The van der Waals surface area contributed by atoms with Gasteiger partial charge in [-0.25, -0.2) is 4.98 Å². The van der Waals surface area contributed by atoms with Gasteiger partial charge in [-0.05, 0) is 24.3 Å². The molecular formula is C17H17N3O2. The molecule has 0 aliphatic rings. The molecule has 3 rings (SSSR count). The smallest absolute Gasteiger partial charge is 0.254 e. The lowest BCUT2D eigenvalue weighted by molar-refractivity contribution is 0.0828. The molecule has 0 radical (unpaired) electrons. The van der Waals surface area contributed by atoms with E-state index >= 15 is 0 Å². The Morgan fingerprint density at radius 3 is 2.59 bits per heavy atom. The van der Waals surface area contributed by atoms with Crippen molar-refractivity contribution in [1.82, 2.24) is 14.9 Å². The third-order valence-corrected chi connectivity index (χ3v) is 3.51. The first-order valence-corrected chi connectivity index (χ1v) is 6.95. The number of aromatic nitrogens is 2. The first kappa shape index (κ1) is 14.1. The maximum atomic E-state index is 12.5. The molecule has 0 aliphatic heterocycles. The molecule has 0 spiro atoms. The van der Waals surface area contributed by atoms with Gasteiger partial charge in [-0.2, -0.15) is 0 Å². The number of nitrogens with one attached hydrogen (secondary N) is 1. The number of benzene rings is 2. The topological polar surface area (TPSA) is 58.2 Å². The van der Waals surface area contributed by atoms with Gasteiger partial charge < -0.3 is 14.6 Å². The monoisotopic (exact) mass is 295 g/mol. The molecule has 0 atom stereocenters. The summed E-state index contributed by atoms with van der Waals surface area (Å²) in [6.07, 6.45) is 0. The van der Waals surface area contributed by atoms with Gasteiger partial charge in [0.05, 0.1) is 29.3 Å². The fourth-order valence-corrected chi connectivity index (χ4v) is 2.44. The van der Waals surface area contributed by atoms with Crippen molar-refractivity contribution in [2.24, 2.45) is 0 Å². The number of nitrogens with zero attached hydrogens (tertiary/aromatic N) is 2. The van der Waals surface area contributed by atoms with E-state index in [0.29, 0.717) is 22.7 Å². The number of para-hydroxylation sites is 2. The van der Waals surface area contributed by atoms with Crippen LogP contribution in [0.25, 0.3) is 22.4 Å². The van der Waals surface area contributed by atoms with Crippen molar-refractivity contribution in [3.63, 3.8) is 0 Å². The highest BCUT2D eigenvalue weighted by Gasteiger charge is 2.20. The molecule has 1 aromatic heterocycles. The Bertz CT molecular complexity index is 804. The summed E-state index contributed by atoms with van der Waals surface area (Å²) >= 11 is 0. The second-order valence-electron chi connectivity index (χ2n) is 5.18. The minimum atomic E-state index is -0.0886. The molecule has 5 nitrogen and oxygen atoms in total. The molecule has 0 saturated heterocycles. The number of methoxy groups -OCH3 is 1. The number of hydrogen-bond donors (Lipinski definition) is 1. The Balaban J connectivity index is 2.25. The number of carbonyl (C=O) groups excluding carboxylic acids is 1. The van der Waals surface area contributed by atoms with E-state index in [0.717, 1.165) is 11.0 Å². The van der Waals surface area contributed by atoms with E-state index < -0.39 is 0 Å². The second-order valence-corrected chi connectivity index (χ2v) is 5.18. The largest absolute Gasteiger partial charge is 0.496 e. The van der Waals surface area contributed by atoms with Gasteiger partial charge in [-0.15, -0.1) is 0 Å². The summed E-state index contributed by atoms with van der Waals surface area (Å²) in [6.45, 7) is 0. The lowest BCUT2D eigenvalue weighted by Gasteiger charge is -2.15. The van der Waals surface area contributed by atoms with Crippen molar-refractivity contribution in [2.45, 2.75) is 0 Å². The number of H-pyrrole nitrogens is 1. The molecule has 1 heterocycles. The highest BCUT2D eigenvalue weighted by atomic mass is 16.5. The van der Waals surface area contributed by atoms with Crippen LogP contribution in [0.15, 0.2) is 42.5 Å². The Hall–Kier alpha value is -2.82. The summed E-state index contributed by atoms with van der Waals surface area (Å²) in [6, 6.07) is 13.2. The summed E-state index contributed by atoms with van der Waals surface area (Å²) in [5, 5.41) is 0. The number of ether oxygens (including phenoxy) is 1. The van der Waals surface area contributed by atoms with Crippen LogP contribution in [0.4, 0.5) is 0 Å². The van der Waals surface area contributed by atoms with Crippen LogP contribution in [0, 0.1) is 0 Å². The van der Waals surface area contributed by atoms with Crippen LogP contribution in [0.3, 0.4) is 0 Å². The van der Waals surface area contributed by atoms with Gasteiger partial charge in [0.1, 0.15) is 11.6 Å². The van der Waals surface area contributed by atoms with Gasteiger partial charge in [0.2, 0.25) is 0 Å². The molecule has 2 aromatic carbocycles. The molecular weight excluding hydrogens is 278 g/mol. The number of aromatic amines is 1. The maximum Gasteiger partial charge on any atom is 0.254 e. The van der Waals surface area contributed by atoms with Crippen LogP contribution in [-0.2, 0) is 0 Å². The number of amides is 1. The minimum absolute atomic E-state index is 0.0886. The van der Waals surface area contributed by atoms with E-state index in [-0.39, 0.29) is 5.91 Å².